The number of piperidine rings is 2. The van der Waals surface area contributed by atoms with Crippen molar-refractivity contribution in [3.8, 4) is 0 Å². The molecule has 6 nitrogen and oxygen atoms in total. The van der Waals surface area contributed by atoms with E-state index in [1.165, 1.54) is 12.8 Å². The van der Waals surface area contributed by atoms with Gasteiger partial charge in [0.2, 0.25) is 0 Å². The highest BCUT2D eigenvalue weighted by atomic mass is 16.5. The largest absolute Gasteiger partial charge is 0.393 e. The predicted molar refractivity (Wildman–Crippen MR) is 103 cm³/mol. The van der Waals surface area contributed by atoms with Crippen LogP contribution in [0.3, 0.4) is 0 Å². The maximum Gasteiger partial charge on any atom is 0.0744 e. The molecule has 4 unspecified atom stereocenters. The van der Waals surface area contributed by atoms with E-state index in [-0.39, 0.29) is 35.1 Å². The highest BCUT2D eigenvalue weighted by Crippen LogP contribution is 2.46. The Hall–Kier alpha value is -0.240. The molecule has 26 heavy (non-hydrogen) atoms. The van der Waals surface area contributed by atoms with Crippen molar-refractivity contribution >= 4 is 0 Å². The monoisotopic (exact) mass is 366 g/mol. The van der Waals surface area contributed by atoms with Crippen LogP contribution in [-0.4, -0.2) is 85.6 Å². The fraction of sp³-hybridized carbons (Fsp3) is 1.00. The first-order valence-electron chi connectivity index (χ1n) is 10.6. The first-order valence-corrected chi connectivity index (χ1v) is 10.6. The molecule has 1 saturated carbocycles. The van der Waals surface area contributed by atoms with E-state index in [4.69, 9.17) is 16.2 Å². The summed E-state index contributed by atoms with van der Waals surface area (Å²) in [5.74, 6) is 0. The van der Waals surface area contributed by atoms with Gasteiger partial charge in [-0.3, -0.25) is 0 Å². The zero-order valence-electron chi connectivity index (χ0n) is 16.4. The Bertz CT molecular complexity index is 486. The molecule has 6 heteroatoms. The van der Waals surface area contributed by atoms with E-state index in [9.17, 15) is 5.11 Å². The molecular formula is C20H38N4O2. The Morgan fingerprint density at radius 3 is 2.31 bits per heavy atom. The van der Waals surface area contributed by atoms with Crippen LogP contribution in [0.15, 0.2) is 0 Å². The lowest BCUT2D eigenvalue weighted by Gasteiger charge is -2.42. The van der Waals surface area contributed by atoms with Crippen molar-refractivity contribution in [1.29, 1.82) is 0 Å². The van der Waals surface area contributed by atoms with Gasteiger partial charge in [-0.2, -0.15) is 0 Å². The van der Waals surface area contributed by atoms with E-state index in [0.29, 0.717) is 0 Å². The molecule has 150 valence electrons. The maximum atomic E-state index is 9.97. The maximum absolute atomic E-state index is 9.97. The molecular weight excluding hydrogens is 328 g/mol. The van der Waals surface area contributed by atoms with Gasteiger partial charge in [0, 0.05) is 24.0 Å². The average molecular weight is 367 g/mol. The van der Waals surface area contributed by atoms with Crippen molar-refractivity contribution in [1.82, 2.24) is 9.80 Å². The molecule has 3 saturated heterocycles. The van der Waals surface area contributed by atoms with E-state index < -0.39 is 0 Å². The van der Waals surface area contributed by atoms with Gasteiger partial charge in [-0.1, -0.05) is 0 Å². The number of aliphatic hydroxyl groups excluding tert-OH is 1. The molecule has 0 amide bonds. The van der Waals surface area contributed by atoms with Crippen LogP contribution in [0.1, 0.15) is 44.9 Å². The smallest absolute Gasteiger partial charge is 0.0744 e. The number of nitrogens with two attached hydrogens (primary N) is 2. The van der Waals surface area contributed by atoms with Gasteiger partial charge in [-0.15, -0.1) is 0 Å². The third-order valence-corrected chi connectivity index (χ3v) is 8.21. The predicted octanol–water partition coefficient (Wildman–Crippen LogP) is 0.379. The molecule has 0 aromatic rings. The Balaban J connectivity index is 1.24. The zero-order valence-corrected chi connectivity index (χ0v) is 16.4. The van der Waals surface area contributed by atoms with Gasteiger partial charge in [0.05, 0.1) is 18.8 Å². The van der Waals surface area contributed by atoms with Crippen molar-refractivity contribution < 1.29 is 9.84 Å². The fourth-order valence-corrected chi connectivity index (χ4v) is 6.03. The third-order valence-electron chi connectivity index (χ3n) is 8.21. The number of nitrogens with zero attached hydrogens (tertiary/aromatic N) is 2. The summed E-state index contributed by atoms with van der Waals surface area (Å²) in [6.07, 6.45) is 7.34. The molecule has 4 atom stereocenters. The lowest BCUT2D eigenvalue weighted by atomic mass is 9.73. The van der Waals surface area contributed by atoms with Crippen LogP contribution in [0.5, 0.6) is 0 Å². The van der Waals surface area contributed by atoms with Crippen molar-refractivity contribution in [3.05, 3.63) is 0 Å². The molecule has 1 aliphatic carbocycles. The first-order chi connectivity index (χ1) is 12.4. The van der Waals surface area contributed by atoms with Crippen molar-refractivity contribution in [3.63, 3.8) is 0 Å². The molecule has 0 radical (unpaired) electrons. The Morgan fingerprint density at radius 2 is 1.69 bits per heavy atom. The number of likely N-dealkylation sites (tertiary alicyclic amines) is 2. The summed E-state index contributed by atoms with van der Waals surface area (Å²) in [5.41, 5.74) is 13.4. The number of aliphatic hydroxyl groups is 1. The molecule has 3 aliphatic heterocycles. The quantitative estimate of drug-likeness (QED) is 0.669. The highest BCUT2D eigenvalue weighted by Gasteiger charge is 2.49. The standard InChI is InChI=1S/C20H38N4O2/c1-23-8-3-20(4-9-23)14-26-16(18(20)22)2-7-24-10-5-19(6-11-24)13-15(25)12-17(19)21/h15-18,25H,2-14,21-22H2,1H3. The number of hydrogen-bond donors (Lipinski definition) is 3. The Morgan fingerprint density at radius 1 is 1.04 bits per heavy atom. The summed E-state index contributed by atoms with van der Waals surface area (Å²) in [6.45, 7) is 6.40. The fourth-order valence-electron chi connectivity index (χ4n) is 6.03. The minimum absolute atomic E-state index is 0.176. The van der Waals surface area contributed by atoms with Crippen LogP contribution < -0.4 is 11.5 Å². The molecule has 5 N–H and O–H groups in total. The van der Waals surface area contributed by atoms with Gasteiger partial charge in [-0.05, 0) is 83.6 Å². The van der Waals surface area contributed by atoms with Crippen molar-refractivity contribution in [2.45, 2.75) is 69.2 Å². The summed E-state index contributed by atoms with van der Waals surface area (Å²) in [7, 11) is 2.20. The minimum atomic E-state index is -0.188. The molecule has 0 bridgehead atoms. The van der Waals surface area contributed by atoms with Gasteiger partial charge in [0.15, 0.2) is 0 Å². The van der Waals surface area contributed by atoms with E-state index >= 15 is 0 Å². The van der Waals surface area contributed by atoms with Crippen LogP contribution in [-0.2, 0) is 4.74 Å². The lowest BCUT2D eigenvalue weighted by molar-refractivity contribution is 0.0500. The number of ether oxygens (including phenoxy) is 1. The zero-order chi connectivity index (χ0) is 18.4. The van der Waals surface area contributed by atoms with E-state index in [1.807, 2.05) is 0 Å². The van der Waals surface area contributed by atoms with Gasteiger partial charge in [0.1, 0.15) is 0 Å². The third kappa shape index (κ3) is 3.45. The van der Waals surface area contributed by atoms with Crippen LogP contribution >= 0.6 is 0 Å². The SMILES string of the molecule is CN1CCC2(CC1)COC(CCN1CCC3(CC1)CC(O)CC3N)C2N. The van der Waals surface area contributed by atoms with Crippen LogP contribution in [0.25, 0.3) is 0 Å². The highest BCUT2D eigenvalue weighted by molar-refractivity contribution is 5.03. The molecule has 4 aliphatic rings. The van der Waals surface area contributed by atoms with Gasteiger partial charge >= 0.3 is 0 Å². The number of rotatable bonds is 3. The van der Waals surface area contributed by atoms with E-state index in [1.54, 1.807) is 0 Å². The summed E-state index contributed by atoms with van der Waals surface area (Å²) >= 11 is 0. The normalized spacial score (nSPS) is 40.6. The summed E-state index contributed by atoms with van der Waals surface area (Å²) in [6, 6.07) is 0.362. The van der Waals surface area contributed by atoms with Gasteiger partial charge in [-0.25, -0.2) is 0 Å². The summed E-state index contributed by atoms with van der Waals surface area (Å²) < 4.78 is 6.19. The molecule has 4 rings (SSSR count). The molecule has 3 heterocycles. The second-order valence-corrected chi connectivity index (χ2v) is 9.73. The second kappa shape index (κ2) is 7.30. The summed E-state index contributed by atoms with van der Waals surface area (Å²) in [5, 5.41) is 9.97. The van der Waals surface area contributed by atoms with E-state index in [2.05, 4.69) is 16.8 Å². The lowest BCUT2D eigenvalue weighted by Crippen LogP contribution is -2.51. The first kappa shape index (κ1) is 19.1. The van der Waals surface area contributed by atoms with Crippen molar-refractivity contribution in [2.75, 3.05) is 46.4 Å². The minimum Gasteiger partial charge on any atom is -0.393 e. The van der Waals surface area contributed by atoms with Gasteiger partial charge in [0.25, 0.3) is 0 Å². The Kier molecular flexibility index (Phi) is 5.36. The molecule has 0 aromatic heterocycles. The topological polar surface area (TPSA) is 88.0 Å². The van der Waals surface area contributed by atoms with Gasteiger partial charge < -0.3 is 31.1 Å². The Labute approximate surface area is 158 Å². The molecule has 2 spiro atoms. The summed E-state index contributed by atoms with van der Waals surface area (Å²) in [4.78, 5) is 4.96. The van der Waals surface area contributed by atoms with Crippen LogP contribution in [0.2, 0.25) is 0 Å². The second-order valence-electron chi connectivity index (χ2n) is 9.73. The number of hydrogen-bond acceptors (Lipinski definition) is 6. The van der Waals surface area contributed by atoms with E-state index in [0.717, 1.165) is 71.4 Å². The molecule has 0 aromatic carbocycles. The van der Waals surface area contributed by atoms with Crippen molar-refractivity contribution in [2.24, 2.45) is 22.3 Å². The molecule has 4 fully saturated rings. The van der Waals surface area contributed by atoms with Crippen LogP contribution in [0, 0.1) is 10.8 Å². The average Bonchev–Trinajstić information content (AvgIpc) is 3.07. The van der Waals surface area contributed by atoms with Crippen LogP contribution in [0.4, 0.5) is 0 Å².